The number of hydrogen-bond donors (Lipinski definition) is 0. The lowest BCUT2D eigenvalue weighted by Gasteiger charge is -2.12. The van der Waals surface area contributed by atoms with E-state index < -0.39 is 0 Å². The first-order chi connectivity index (χ1) is 7.09. The van der Waals surface area contributed by atoms with Crippen molar-refractivity contribution in [2.24, 2.45) is 5.92 Å². The van der Waals surface area contributed by atoms with Crippen molar-refractivity contribution < 1.29 is 0 Å². The molecule has 0 aliphatic carbocycles. The zero-order valence-corrected chi connectivity index (χ0v) is 12.5. The number of hydrogen-bond acceptors (Lipinski definition) is 0. The zero-order valence-electron chi connectivity index (χ0n) is 9.34. The molecule has 0 saturated heterocycles. The van der Waals surface area contributed by atoms with Gasteiger partial charge in [-0.3, -0.25) is 0 Å². The molecule has 0 N–H and O–H groups in total. The highest BCUT2D eigenvalue weighted by molar-refractivity contribution is 9.10. The van der Waals surface area contributed by atoms with Crippen LogP contribution in [0.3, 0.4) is 0 Å². The van der Waals surface area contributed by atoms with Crippen LogP contribution in [0.15, 0.2) is 28.7 Å². The van der Waals surface area contributed by atoms with E-state index >= 15 is 0 Å². The van der Waals surface area contributed by atoms with E-state index in [0.29, 0.717) is 4.83 Å². The molecule has 0 amide bonds. The van der Waals surface area contributed by atoms with Gasteiger partial charge in [0.1, 0.15) is 0 Å². The maximum Gasteiger partial charge on any atom is 0.0175 e. The Morgan fingerprint density at radius 3 is 2.27 bits per heavy atom. The molecule has 1 unspecified atom stereocenters. The van der Waals surface area contributed by atoms with Crippen molar-refractivity contribution in [1.29, 1.82) is 0 Å². The van der Waals surface area contributed by atoms with E-state index in [-0.39, 0.29) is 0 Å². The minimum Gasteiger partial charge on any atom is -0.0888 e. The lowest BCUT2D eigenvalue weighted by Crippen LogP contribution is -2.06. The van der Waals surface area contributed by atoms with Gasteiger partial charge in [-0.1, -0.05) is 57.8 Å². The molecule has 84 valence electrons. The third-order valence-corrected chi connectivity index (χ3v) is 4.63. The Morgan fingerprint density at radius 1 is 1.13 bits per heavy atom. The van der Waals surface area contributed by atoms with Gasteiger partial charge in [-0.05, 0) is 42.9 Å². The number of aryl methyl sites for hydroxylation is 1. The summed E-state index contributed by atoms with van der Waals surface area (Å²) in [6.07, 6.45) is 3.70. The van der Waals surface area contributed by atoms with Gasteiger partial charge < -0.3 is 0 Å². The van der Waals surface area contributed by atoms with Crippen LogP contribution in [0.2, 0.25) is 0 Å². The fourth-order valence-corrected chi connectivity index (χ4v) is 2.07. The molecular formula is C13H18Br2. The molecule has 0 aromatic heterocycles. The molecule has 0 spiro atoms. The Balaban J connectivity index is 2.29. The van der Waals surface area contributed by atoms with Gasteiger partial charge in [-0.15, -0.1) is 0 Å². The predicted molar refractivity (Wildman–Crippen MR) is 74.6 cm³/mol. The summed E-state index contributed by atoms with van der Waals surface area (Å²) in [5.41, 5.74) is 1.43. The molecule has 0 saturated carbocycles. The molecule has 15 heavy (non-hydrogen) atoms. The molecule has 0 heterocycles. The smallest absolute Gasteiger partial charge is 0.0175 e. The average molecular weight is 334 g/mol. The molecule has 1 rings (SSSR count). The fraction of sp³-hybridized carbons (Fsp3) is 0.538. The summed E-state index contributed by atoms with van der Waals surface area (Å²) in [7, 11) is 0. The minimum absolute atomic E-state index is 0.660. The van der Waals surface area contributed by atoms with Gasteiger partial charge in [0.05, 0.1) is 0 Å². The fourth-order valence-electron chi connectivity index (χ4n) is 1.49. The summed E-state index contributed by atoms with van der Waals surface area (Å²) >= 11 is 7.17. The van der Waals surface area contributed by atoms with Gasteiger partial charge in [-0.2, -0.15) is 0 Å². The van der Waals surface area contributed by atoms with E-state index in [1.807, 2.05) is 0 Å². The number of benzene rings is 1. The first-order valence-corrected chi connectivity index (χ1v) is 7.19. The van der Waals surface area contributed by atoms with Gasteiger partial charge in [0, 0.05) is 9.30 Å². The summed E-state index contributed by atoms with van der Waals surface area (Å²) in [6.45, 7) is 4.53. The van der Waals surface area contributed by atoms with Gasteiger partial charge in [0.15, 0.2) is 0 Å². The van der Waals surface area contributed by atoms with Crippen LogP contribution in [0, 0.1) is 5.92 Å². The van der Waals surface area contributed by atoms with Gasteiger partial charge >= 0.3 is 0 Å². The van der Waals surface area contributed by atoms with Crippen LogP contribution in [0.5, 0.6) is 0 Å². The first-order valence-electron chi connectivity index (χ1n) is 5.48. The van der Waals surface area contributed by atoms with Crippen LogP contribution in [0.25, 0.3) is 0 Å². The second kappa shape index (κ2) is 6.70. The Labute approximate surface area is 110 Å². The predicted octanol–water partition coefficient (Wildman–Crippen LogP) is 5.19. The van der Waals surface area contributed by atoms with E-state index in [0.717, 1.165) is 10.4 Å². The highest BCUT2D eigenvalue weighted by Gasteiger charge is 2.08. The van der Waals surface area contributed by atoms with Crippen molar-refractivity contribution in [1.82, 2.24) is 0 Å². The molecule has 1 atom stereocenters. The standard InChI is InChI=1S/C13H18Br2/c1-10(2)13(15)5-3-4-11-6-8-12(14)9-7-11/h6-10,13H,3-5H2,1-2H3. The molecule has 0 aliphatic heterocycles. The normalized spacial score (nSPS) is 13.1. The number of rotatable bonds is 5. The van der Waals surface area contributed by atoms with Crippen LogP contribution in [0.1, 0.15) is 32.3 Å². The Morgan fingerprint density at radius 2 is 1.73 bits per heavy atom. The number of halogens is 2. The maximum absolute atomic E-state index is 3.72. The molecule has 0 fully saturated rings. The summed E-state index contributed by atoms with van der Waals surface area (Å²) < 4.78 is 1.16. The van der Waals surface area contributed by atoms with Crippen LogP contribution < -0.4 is 0 Å². The average Bonchev–Trinajstić information content (AvgIpc) is 2.20. The van der Waals surface area contributed by atoms with Crippen molar-refractivity contribution >= 4 is 31.9 Å². The quantitative estimate of drug-likeness (QED) is 0.650. The lowest BCUT2D eigenvalue weighted by atomic mass is 10.0. The maximum atomic E-state index is 3.72. The van der Waals surface area contributed by atoms with Crippen molar-refractivity contribution in [2.45, 2.75) is 37.9 Å². The summed E-state index contributed by atoms with van der Waals surface area (Å²) in [4.78, 5) is 0.660. The lowest BCUT2D eigenvalue weighted by molar-refractivity contribution is 0.562. The minimum atomic E-state index is 0.660. The third kappa shape index (κ3) is 5.17. The molecule has 0 radical (unpaired) electrons. The van der Waals surface area contributed by atoms with Crippen molar-refractivity contribution in [2.75, 3.05) is 0 Å². The zero-order chi connectivity index (χ0) is 11.3. The Hall–Kier alpha value is 0.180. The Bertz CT molecular complexity index is 277. The van der Waals surface area contributed by atoms with Crippen molar-refractivity contribution in [3.63, 3.8) is 0 Å². The second-order valence-corrected chi connectivity index (χ2v) is 6.37. The van der Waals surface area contributed by atoms with Crippen LogP contribution in [0.4, 0.5) is 0 Å². The van der Waals surface area contributed by atoms with Gasteiger partial charge in [0.25, 0.3) is 0 Å². The molecule has 0 nitrogen and oxygen atoms in total. The van der Waals surface area contributed by atoms with E-state index in [2.05, 4.69) is 70.0 Å². The first kappa shape index (κ1) is 13.2. The van der Waals surface area contributed by atoms with E-state index in [4.69, 9.17) is 0 Å². The highest BCUT2D eigenvalue weighted by atomic mass is 79.9. The highest BCUT2D eigenvalue weighted by Crippen LogP contribution is 2.19. The van der Waals surface area contributed by atoms with Gasteiger partial charge in [0.2, 0.25) is 0 Å². The monoisotopic (exact) mass is 332 g/mol. The molecular weight excluding hydrogens is 316 g/mol. The van der Waals surface area contributed by atoms with E-state index in [1.54, 1.807) is 0 Å². The second-order valence-electron chi connectivity index (χ2n) is 4.28. The number of alkyl halides is 1. The van der Waals surface area contributed by atoms with Crippen LogP contribution >= 0.6 is 31.9 Å². The molecule has 0 aliphatic rings. The largest absolute Gasteiger partial charge is 0.0888 e. The SMILES string of the molecule is CC(C)C(Br)CCCc1ccc(Br)cc1. The van der Waals surface area contributed by atoms with Crippen LogP contribution in [-0.2, 0) is 6.42 Å². The topological polar surface area (TPSA) is 0 Å². The van der Waals surface area contributed by atoms with Crippen molar-refractivity contribution in [3.05, 3.63) is 34.3 Å². The molecule has 2 heteroatoms. The molecule has 1 aromatic carbocycles. The van der Waals surface area contributed by atoms with E-state index in [1.165, 1.54) is 24.8 Å². The molecule has 1 aromatic rings. The third-order valence-electron chi connectivity index (χ3n) is 2.58. The van der Waals surface area contributed by atoms with Crippen molar-refractivity contribution in [3.8, 4) is 0 Å². The summed E-state index contributed by atoms with van der Waals surface area (Å²) in [5, 5.41) is 0. The summed E-state index contributed by atoms with van der Waals surface area (Å²) in [5.74, 6) is 0.731. The summed E-state index contributed by atoms with van der Waals surface area (Å²) in [6, 6.07) is 8.62. The molecule has 0 bridgehead atoms. The van der Waals surface area contributed by atoms with E-state index in [9.17, 15) is 0 Å². The van der Waals surface area contributed by atoms with Gasteiger partial charge in [-0.25, -0.2) is 0 Å². The Kier molecular flexibility index (Phi) is 5.91. The van der Waals surface area contributed by atoms with Crippen LogP contribution in [-0.4, -0.2) is 4.83 Å².